The van der Waals surface area contributed by atoms with Crippen LogP contribution in [0.5, 0.6) is 0 Å². The Kier molecular flexibility index (Phi) is 13.7. The number of hydrogen-bond donors (Lipinski definition) is 1. The molecule has 0 atom stereocenters. The number of rotatable bonds is 2. The molecule has 4 nitrogen and oxygen atoms in total. The first-order chi connectivity index (χ1) is 9.65. The fourth-order valence-electron chi connectivity index (χ4n) is 2.11. The van der Waals surface area contributed by atoms with Gasteiger partial charge in [0.05, 0.1) is 13.2 Å². The first-order valence-electron chi connectivity index (χ1n) is 8.32. The molecule has 4 heteroatoms. The van der Waals surface area contributed by atoms with Crippen molar-refractivity contribution in [2.24, 2.45) is 0 Å². The van der Waals surface area contributed by atoms with Crippen LogP contribution in [-0.2, 0) is 4.74 Å². The van der Waals surface area contributed by atoms with E-state index in [4.69, 9.17) is 4.74 Å². The number of hydrogen-bond acceptors (Lipinski definition) is 4. The molecule has 0 bridgehead atoms. The van der Waals surface area contributed by atoms with Gasteiger partial charge in [0.25, 0.3) is 0 Å². The van der Waals surface area contributed by atoms with Crippen molar-refractivity contribution in [2.45, 2.75) is 46.1 Å². The Hall–Kier alpha value is -0.160. The topological polar surface area (TPSA) is 27.7 Å². The maximum absolute atomic E-state index is 5.33. The third-order valence-corrected chi connectivity index (χ3v) is 3.50. The molecule has 0 aromatic heterocycles. The Labute approximate surface area is 126 Å². The summed E-state index contributed by atoms with van der Waals surface area (Å²) < 4.78 is 5.33. The first kappa shape index (κ1) is 19.8. The van der Waals surface area contributed by atoms with Gasteiger partial charge in [-0.3, -0.25) is 4.90 Å². The van der Waals surface area contributed by atoms with E-state index < -0.39 is 0 Å². The van der Waals surface area contributed by atoms with E-state index in [-0.39, 0.29) is 0 Å². The van der Waals surface area contributed by atoms with Crippen molar-refractivity contribution in [3.63, 3.8) is 0 Å². The van der Waals surface area contributed by atoms with Crippen LogP contribution in [0.4, 0.5) is 0 Å². The van der Waals surface area contributed by atoms with Crippen molar-refractivity contribution in [1.29, 1.82) is 0 Å². The summed E-state index contributed by atoms with van der Waals surface area (Å²) in [5, 5.41) is 3.40. The quantitative estimate of drug-likeness (QED) is 0.841. The van der Waals surface area contributed by atoms with Crippen LogP contribution in [0, 0.1) is 0 Å². The summed E-state index contributed by atoms with van der Waals surface area (Å²) in [6, 6.07) is 0.829. The van der Waals surface area contributed by atoms with Crippen molar-refractivity contribution < 1.29 is 4.74 Å². The average Bonchev–Trinajstić information content (AvgIpc) is 2.50. The molecule has 0 amide bonds. The molecule has 0 radical (unpaired) electrons. The van der Waals surface area contributed by atoms with E-state index in [0.717, 1.165) is 38.9 Å². The highest BCUT2D eigenvalue weighted by atomic mass is 16.5. The van der Waals surface area contributed by atoms with Gasteiger partial charge in [0.15, 0.2) is 0 Å². The van der Waals surface area contributed by atoms with Crippen LogP contribution in [0.2, 0.25) is 0 Å². The van der Waals surface area contributed by atoms with Gasteiger partial charge < -0.3 is 15.0 Å². The molecule has 2 heterocycles. The van der Waals surface area contributed by atoms with E-state index in [9.17, 15) is 0 Å². The second-order valence-corrected chi connectivity index (χ2v) is 5.73. The number of morpholine rings is 1. The molecule has 0 aliphatic carbocycles. The average molecular weight is 287 g/mol. The van der Waals surface area contributed by atoms with E-state index in [2.05, 4.69) is 50.0 Å². The molecule has 20 heavy (non-hydrogen) atoms. The number of nitrogens with zero attached hydrogens (tertiary/aromatic N) is 2. The van der Waals surface area contributed by atoms with Crippen LogP contribution in [0.15, 0.2) is 0 Å². The van der Waals surface area contributed by atoms with Crippen molar-refractivity contribution >= 4 is 0 Å². The lowest BCUT2D eigenvalue weighted by molar-refractivity contribution is 0.0101. The molecule has 2 fully saturated rings. The SMILES string of the molecule is C1CC(N2CCOCC2)CCN1.CCC.CCN(C)C. The largest absolute Gasteiger partial charge is 0.379 e. The minimum absolute atomic E-state index is 0.829. The maximum atomic E-state index is 5.33. The highest BCUT2D eigenvalue weighted by Crippen LogP contribution is 2.12. The van der Waals surface area contributed by atoms with E-state index in [1.807, 2.05) is 0 Å². The zero-order chi connectivity index (χ0) is 15.2. The second kappa shape index (κ2) is 13.8. The fourth-order valence-corrected chi connectivity index (χ4v) is 2.11. The van der Waals surface area contributed by atoms with Crippen LogP contribution >= 0.6 is 0 Å². The van der Waals surface area contributed by atoms with Gasteiger partial charge in [-0.15, -0.1) is 0 Å². The van der Waals surface area contributed by atoms with Crippen molar-refractivity contribution in [3.8, 4) is 0 Å². The smallest absolute Gasteiger partial charge is 0.0594 e. The summed E-state index contributed by atoms with van der Waals surface area (Å²) >= 11 is 0. The standard InChI is InChI=1S/C9H18N2O.C4H11N.C3H8/c1-3-10-4-2-9(1)11-5-7-12-8-6-11;1-4-5(2)3;1-3-2/h9-10H,1-8H2;4H2,1-3H3;3H2,1-2H3. The van der Waals surface area contributed by atoms with Gasteiger partial charge in [-0.25, -0.2) is 0 Å². The lowest BCUT2D eigenvalue weighted by Gasteiger charge is -2.36. The van der Waals surface area contributed by atoms with Crippen LogP contribution in [-0.4, -0.2) is 75.9 Å². The summed E-state index contributed by atoms with van der Waals surface area (Å²) in [5.74, 6) is 0. The minimum atomic E-state index is 0.829. The molecule has 0 saturated carbocycles. The Balaban J connectivity index is 0.000000382. The normalized spacial score (nSPS) is 20.7. The Bertz CT molecular complexity index is 172. The van der Waals surface area contributed by atoms with E-state index in [0.29, 0.717) is 0 Å². The predicted octanol–water partition coefficient (Wildman–Crippen LogP) is 2.05. The Morgan fingerprint density at radius 3 is 1.90 bits per heavy atom. The van der Waals surface area contributed by atoms with Gasteiger partial charge in [0.1, 0.15) is 0 Å². The molecule has 2 rings (SSSR count). The Morgan fingerprint density at radius 2 is 1.50 bits per heavy atom. The molecule has 1 N–H and O–H groups in total. The van der Waals surface area contributed by atoms with Gasteiger partial charge in [-0.1, -0.05) is 27.2 Å². The van der Waals surface area contributed by atoms with Gasteiger partial charge >= 0.3 is 0 Å². The highest BCUT2D eigenvalue weighted by Gasteiger charge is 2.21. The molecule has 2 aliphatic heterocycles. The summed E-state index contributed by atoms with van der Waals surface area (Å²) in [5.41, 5.74) is 0. The van der Waals surface area contributed by atoms with Crippen molar-refractivity contribution in [3.05, 3.63) is 0 Å². The highest BCUT2D eigenvalue weighted by molar-refractivity contribution is 4.78. The van der Waals surface area contributed by atoms with Crippen LogP contribution in [0.1, 0.15) is 40.0 Å². The molecule has 0 aromatic carbocycles. The van der Waals surface area contributed by atoms with Crippen molar-refractivity contribution in [1.82, 2.24) is 15.1 Å². The third kappa shape index (κ3) is 10.6. The summed E-state index contributed by atoms with van der Waals surface area (Å²) in [6.45, 7) is 14.1. The zero-order valence-corrected chi connectivity index (χ0v) is 14.5. The molecule has 122 valence electrons. The van der Waals surface area contributed by atoms with E-state index >= 15 is 0 Å². The molecule has 2 saturated heterocycles. The zero-order valence-electron chi connectivity index (χ0n) is 14.5. The number of piperidine rings is 1. The molecule has 0 spiro atoms. The third-order valence-electron chi connectivity index (χ3n) is 3.50. The molecular weight excluding hydrogens is 250 g/mol. The van der Waals surface area contributed by atoms with Gasteiger partial charge in [0.2, 0.25) is 0 Å². The molecule has 2 aliphatic rings. The van der Waals surface area contributed by atoms with Crippen LogP contribution in [0.3, 0.4) is 0 Å². The summed E-state index contributed by atoms with van der Waals surface area (Å²) in [7, 11) is 4.11. The van der Waals surface area contributed by atoms with Gasteiger partial charge in [-0.2, -0.15) is 0 Å². The van der Waals surface area contributed by atoms with Crippen LogP contribution < -0.4 is 5.32 Å². The fraction of sp³-hybridized carbons (Fsp3) is 1.00. The lowest BCUT2D eigenvalue weighted by atomic mass is 10.0. The number of nitrogens with one attached hydrogen (secondary N) is 1. The maximum Gasteiger partial charge on any atom is 0.0594 e. The van der Waals surface area contributed by atoms with E-state index in [1.54, 1.807) is 0 Å². The monoisotopic (exact) mass is 287 g/mol. The van der Waals surface area contributed by atoms with Crippen LogP contribution in [0.25, 0.3) is 0 Å². The minimum Gasteiger partial charge on any atom is -0.379 e. The predicted molar refractivity (Wildman–Crippen MR) is 88.5 cm³/mol. The van der Waals surface area contributed by atoms with E-state index in [1.165, 1.54) is 32.4 Å². The number of ether oxygens (including phenoxy) is 1. The lowest BCUT2D eigenvalue weighted by Crippen LogP contribution is -2.47. The Morgan fingerprint density at radius 1 is 1.05 bits per heavy atom. The second-order valence-electron chi connectivity index (χ2n) is 5.73. The summed E-state index contributed by atoms with van der Waals surface area (Å²) in [4.78, 5) is 4.71. The van der Waals surface area contributed by atoms with Gasteiger partial charge in [-0.05, 0) is 46.6 Å². The molecule has 0 aromatic rings. The van der Waals surface area contributed by atoms with Crippen molar-refractivity contribution in [2.75, 3.05) is 60.0 Å². The first-order valence-corrected chi connectivity index (χ1v) is 8.32. The molecule has 0 unspecified atom stereocenters. The van der Waals surface area contributed by atoms with Gasteiger partial charge in [0, 0.05) is 19.1 Å². The molecular formula is C16H37N3O. The summed E-state index contributed by atoms with van der Waals surface area (Å²) in [6.07, 6.45) is 3.89.